The molecule has 1 heterocycles. The summed E-state index contributed by atoms with van der Waals surface area (Å²) >= 11 is 0. The van der Waals surface area contributed by atoms with Gasteiger partial charge in [0.2, 0.25) is 11.8 Å². The maximum Gasteiger partial charge on any atom is 0.416 e. The average Bonchev–Trinajstić information content (AvgIpc) is 2.90. The molecule has 0 aliphatic carbocycles. The van der Waals surface area contributed by atoms with Crippen LogP contribution in [0.15, 0.2) is 72.8 Å². The molecule has 1 aliphatic heterocycles. The van der Waals surface area contributed by atoms with Crippen molar-refractivity contribution in [3.63, 3.8) is 0 Å². The number of likely N-dealkylation sites (N-methyl/N-ethyl adjacent to an activating group) is 1. The second-order valence-corrected chi connectivity index (χ2v) is 7.59. The smallest absolute Gasteiger partial charge is 0.416 e. The molecule has 34 heavy (non-hydrogen) atoms. The molecule has 0 saturated heterocycles. The lowest BCUT2D eigenvalue weighted by molar-refractivity contribution is -0.137. The molecule has 4 rings (SSSR count). The zero-order valence-corrected chi connectivity index (χ0v) is 18.0. The fourth-order valence-electron chi connectivity index (χ4n) is 3.84. The first kappa shape index (κ1) is 23.0. The zero-order valence-electron chi connectivity index (χ0n) is 18.0. The second kappa shape index (κ2) is 9.01. The third kappa shape index (κ3) is 4.24. The minimum atomic E-state index is -4.63. The molecule has 3 aromatic carbocycles. The molecule has 9 heteroatoms. The SMILES string of the molecule is CN1C(=O)C(c2ccc(OCC=O)cc2)C(=O)N(c2ccccc2)c2cc(C(F)(F)F)ccc21. The van der Waals surface area contributed by atoms with Gasteiger partial charge in [0, 0.05) is 12.7 Å². The summed E-state index contributed by atoms with van der Waals surface area (Å²) in [6, 6.07) is 17.2. The van der Waals surface area contributed by atoms with Crippen LogP contribution in [0.4, 0.5) is 30.2 Å². The number of amides is 2. The summed E-state index contributed by atoms with van der Waals surface area (Å²) in [4.78, 5) is 40.1. The summed E-state index contributed by atoms with van der Waals surface area (Å²) in [5, 5.41) is 0. The molecule has 1 unspecified atom stereocenters. The number of nitrogens with zero attached hydrogens (tertiary/aromatic N) is 2. The van der Waals surface area contributed by atoms with Crippen LogP contribution in [-0.2, 0) is 20.6 Å². The highest BCUT2D eigenvalue weighted by molar-refractivity contribution is 6.23. The second-order valence-electron chi connectivity index (χ2n) is 7.59. The van der Waals surface area contributed by atoms with Gasteiger partial charge in [-0.1, -0.05) is 30.3 Å². The first-order chi connectivity index (χ1) is 16.2. The number of alkyl halides is 3. The number of hydrogen-bond acceptors (Lipinski definition) is 4. The lowest BCUT2D eigenvalue weighted by Crippen LogP contribution is -2.37. The summed E-state index contributed by atoms with van der Waals surface area (Å²) in [6.45, 7) is -0.151. The Bertz CT molecular complexity index is 1230. The van der Waals surface area contributed by atoms with Crippen LogP contribution in [0.25, 0.3) is 0 Å². The van der Waals surface area contributed by atoms with Gasteiger partial charge in [-0.15, -0.1) is 0 Å². The maximum atomic E-state index is 13.8. The number of aldehydes is 1. The van der Waals surface area contributed by atoms with Crippen LogP contribution in [0.2, 0.25) is 0 Å². The van der Waals surface area contributed by atoms with E-state index in [1.807, 2.05) is 0 Å². The number of ether oxygens (including phenoxy) is 1. The molecule has 0 aromatic heterocycles. The number of rotatable bonds is 5. The van der Waals surface area contributed by atoms with Crippen LogP contribution in [0.1, 0.15) is 17.0 Å². The van der Waals surface area contributed by atoms with E-state index in [0.717, 1.165) is 17.0 Å². The predicted molar refractivity (Wildman–Crippen MR) is 119 cm³/mol. The summed E-state index contributed by atoms with van der Waals surface area (Å²) in [7, 11) is 1.42. The molecular weight excluding hydrogens is 449 g/mol. The quantitative estimate of drug-likeness (QED) is 0.402. The van der Waals surface area contributed by atoms with Gasteiger partial charge in [-0.25, -0.2) is 0 Å². The Hall–Kier alpha value is -4.14. The van der Waals surface area contributed by atoms with Crippen molar-refractivity contribution in [2.75, 3.05) is 23.5 Å². The van der Waals surface area contributed by atoms with E-state index in [0.29, 0.717) is 23.3 Å². The molecule has 0 bridgehead atoms. The third-order valence-electron chi connectivity index (χ3n) is 5.50. The summed E-state index contributed by atoms with van der Waals surface area (Å²) in [5.74, 6) is -2.23. The lowest BCUT2D eigenvalue weighted by Gasteiger charge is -2.26. The Morgan fingerprint density at radius 3 is 2.21 bits per heavy atom. The van der Waals surface area contributed by atoms with E-state index in [9.17, 15) is 27.6 Å². The summed E-state index contributed by atoms with van der Waals surface area (Å²) < 4.78 is 45.7. The number of benzene rings is 3. The highest BCUT2D eigenvalue weighted by Crippen LogP contribution is 2.44. The van der Waals surface area contributed by atoms with Crippen molar-refractivity contribution in [3.05, 3.63) is 83.9 Å². The molecule has 6 nitrogen and oxygen atoms in total. The molecule has 3 aromatic rings. The number of anilines is 3. The zero-order chi connectivity index (χ0) is 24.5. The van der Waals surface area contributed by atoms with E-state index in [2.05, 4.69) is 0 Å². The Balaban J connectivity index is 1.87. The van der Waals surface area contributed by atoms with Gasteiger partial charge in [0.05, 0.1) is 16.9 Å². The van der Waals surface area contributed by atoms with Crippen LogP contribution >= 0.6 is 0 Å². The topological polar surface area (TPSA) is 66.9 Å². The molecule has 0 spiro atoms. The van der Waals surface area contributed by atoms with Crippen molar-refractivity contribution in [1.29, 1.82) is 0 Å². The first-order valence-electron chi connectivity index (χ1n) is 10.3. The fourth-order valence-corrected chi connectivity index (χ4v) is 3.84. The van der Waals surface area contributed by atoms with E-state index in [1.54, 1.807) is 30.3 Å². The molecule has 0 radical (unpaired) electrons. The van der Waals surface area contributed by atoms with E-state index in [1.165, 1.54) is 42.3 Å². The molecule has 0 fully saturated rings. The van der Waals surface area contributed by atoms with E-state index >= 15 is 0 Å². The Labute approximate surface area is 193 Å². The van der Waals surface area contributed by atoms with Gasteiger partial charge >= 0.3 is 6.18 Å². The minimum absolute atomic E-state index is 0.0460. The number of hydrogen-bond donors (Lipinski definition) is 0. The van der Waals surface area contributed by atoms with Gasteiger partial charge in [-0.3, -0.25) is 19.3 Å². The number of fused-ring (bicyclic) bond motifs is 1. The largest absolute Gasteiger partial charge is 0.486 e. The van der Waals surface area contributed by atoms with Gasteiger partial charge in [-0.05, 0) is 48.0 Å². The molecule has 1 aliphatic rings. The Kier molecular flexibility index (Phi) is 6.10. The lowest BCUT2D eigenvalue weighted by atomic mass is 9.96. The van der Waals surface area contributed by atoms with Crippen molar-refractivity contribution in [1.82, 2.24) is 0 Å². The number of carbonyl (C=O) groups is 3. The Morgan fingerprint density at radius 2 is 1.59 bits per heavy atom. The molecule has 174 valence electrons. The van der Waals surface area contributed by atoms with Crippen molar-refractivity contribution in [2.45, 2.75) is 12.1 Å². The fraction of sp³-hybridized carbons (Fsp3) is 0.160. The normalized spacial score (nSPS) is 16.2. The van der Waals surface area contributed by atoms with E-state index in [4.69, 9.17) is 4.74 Å². The molecule has 2 amide bonds. The van der Waals surface area contributed by atoms with Crippen LogP contribution in [-0.4, -0.2) is 31.8 Å². The third-order valence-corrected chi connectivity index (χ3v) is 5.50. The van der Waals surface area contributed by atoms with Gasteiger partial charge in [0.15, 0.2) is 6.29 Å². The van der Waals surface area contributed by atoms with Crippen LogP contribution in [0, 0.1) is 0 Å². The Morgan fingerprint density at radius 1 is 0.912 bits per heavy atom. The van der Waals surface area contributed by atoms with Crippen molar-refractivity contribution < 1.29 is 32.3 Å². The van der Waals surface area contributed by atoms with E-state index < -0.39 is 29.5 Å². The highest BCUT2D eigenvalue weighted by atomic mass is 19.4. The van der Waals surface area contributed by atoms with Crippen LogP contribution in [0.5, 0.6) is 5.75 Å². The average molecular weight is 468 g/mol. The summed E-state index contributed by atoms with van der Waals surface area (Å²) in [5.41, 5.74) is -0.146. The predicted octanol–water partition coefficient (Wildman–Crippen LogP) is 4.71. The van der Waals surface area contributed by atoms with Gasteiger partial charge < -0.3 is 9.64 Å². The van der Waals surface area contributed by atoms with E-state index in [-0.39, 0.29) is 18.0 Å². The van der Waals surface area contributed by atoms with Crippen molar-refractivity contribution >= 4 is 35.2 Å². The van der Waals surface area contributed by atoms with Gasteiger partial charge in [0.25, 0.3) is 0 Å². The summed E-state index contributed by atoms with van der Waals surface area (Å²) in [6.07, 6.45) is -4.04. The number of carbonyl (C=O) groups excluding carboxylic acids is 3. The van der Waals surface area contributed by atoms with Gasteiger partial charge in [-0.2, -0.15) is 13.2 Å². The standard InChI is InChI=1S/C25H19F3N2O4/c1-29-20-12-9-17(25(26,27)28)15-21(20)30(18-5-3-2-4-6-18)24(33)22(23(29)32)16-7-10-19(11-8-16)34-14-13-31/h2-13,15,22H,14H2,1H3. The number of halogens is 3. The maximum absolute atomic E-state index is 13.8. The molecule has 1 atom stereocenters. The van der Waals surface area contributed by atoms with Crippen molar-refractivity contribution in [3.8, 4) is 5.75 Å². The number of para-hydroxylation sites is 1. The molecule has 0 N–H and O–H groups in total. The molecule has 0 saturated carbocycles. The van der Waals surface area contributed by atoms with Gasteiger partial charge in [0.1, 0.15) is 18.3 Å². The van der Waals surface area contributed by atoms with Crippen molar-refractivity contribution in [2.24, 2.45) is 0 Å². The minimum Gasteiger partial charge on any atom is -0.486 e. The molecular formula is C25H19F3N2O4. The van der Waals surface area contributed by atoms with Crippen LogP contribution < -0.4 is 14.5 Å². The monoisotopic (exact) mass is 468 g/mol. The highest BCUT2D eigenvalue weighted by Gasteiger charge is 2.42. The van der Waals surface area contributed by atoms with Crippen LogP contribution in [0.3, 0.4) is 0 Å². The first-order valence-corrected chi connectivity index (χ1v) is 10.3.